The number of rotatable bonds is 3. The molecule has 0 aromatic heterocycles. The zero-order valence-electron chi connectivity index (χ0n) is 10.5. The Morgan fingerprint density at radius 1 is 1.06 bits per heavy atom. The molecule has 0 bridgehead atoms. The van der Waals surface area contributed by atoms with Crippen molar-refractivity contribution in [2.75, 3.05) is 39.8 Å². The average Bonchev–Trinajstić information content (AvgIpc) is 2.33. The van der Waals surface area contributed by atoms with Gasteiger partial charge in [0.1, 0.15) is 6.29 Å². The van der Waals surface area contributed by atoms with Crippen LogP contribution in [0, 0.1) is 5.41 Å². The van der Waals surface area contributed by atoms with Gasteiger partial charge in [0.05, 0.1) is 0 Å². The maximum Gasteiger partial charge on any atom is 0.127 e. The van der Waals surface area contributed by atoms with Gasteiger partial charge in [0.15, 0.2) is 0 Å². The Labute approximate surface area is 98.8 Å². The monoisotopic (exact) mass is 224 g/mol. The van der Waals surface area contributed by atoms with E-state index >= 15 is 0 Å². The summed E-state index contributed by atoms with van der Waals surface area (Å²) < 4.78 is 0. The van der Waals surface area contributed by atoms with E-state index in [-0.39, 0.29) is 5.41 Å². The van der Waals surface area contributed by atoms with Crippen LogP contribution in [0.25, 0.3) is 0 Å². The molecule has 1 aliphatic heterocycles. The van der Waals surface area contributed by atoms with Crippen LogP contribution in [0.1, 0.15) is 32.1 Å². The van der Waals surface area contributed by atoms with Crippen molar-refractivity contribution in [1.82, 2.24) is 9.80 Å². The fourth-order valence-corrected chi connectivity index (χ4v) is 3.02. The Bertz CT molecular complexity index is 228. The van der Waals surface area contributed by atoms with Gasteiger partial charge in [-0.3, -0.25) is 4.90 Å². The van der Waals surface area contributed by atoms with Crippen LogP contribution >= 0.6 is 0 Å². The molecule has 0 radical (unpaired) electrons. The second-order valence-electron chi connectivity index (χ2n) is 5.62. The minimum absolute atomic E-state index is 0.00579. The van der Waals surface area contributed by atoms with E-state index in [9.17, 15) is 4.79 Å². The Hall–Kier alpha value is -0.410. The first-order valence-electron chi connectivity index (χ1n) is 6.61. The van der Waals surface area contributed by atoms with Crippen molar-refractivity contribution < 1.29 is 4.79 Å². The van der Waals surface area contributed by atoms with Gasteiger partial charge in [-0.05, 0) is 19.9 Å². The molecule has 3 heteroatoms. The fraction of sp³-hybridized carbons (Fsp3) is 0.923. The highest BCUT2D eigenvalue weighted by atomic mass is 16.1. The van der Waals surface area contributed by atoms with Crippen LogP contribution in [0.15, 0.2) is 0 Å². The number of carbonyl (C=O) groups is 1. The summed E-state index contributed by atoms with van der Waals surface area (Å²) >= 11 is 0. The van der Waals surface area contributed by atoms with Crippen LogP contribution < -0.4 is 0 Å². The number of likely N-dealkylation sites (N-methyl/N-ethyl adjacent to an activating group) is 1. The Balaban J connectivity index is 1.88. The van der Waals surface area contributed by atoms with Crippen molar-refractivity contribution in [3.05, 3.63) is 0 Å². The quantitative estimate of drug-likeness (QED) is 0.677. The van der Waals surface area contributed by atoms with Gasteiger partial charge in [-0.25, -0.2) is 0 Å². The molecule has 0 spiro atoms. The molecule has 2 aliphatic rings. The van der Waals surface area contributed by atoms with Gasteiger partial charge >= 0.3 is 0 Å². The molecule has 2 fully saturated rings. The van der Waals surface area contributed by atoms with Gasteiger partial charge in [0.2, 0.25) is 0 Å². The normalized spacial score (nSPS) is 27.8. The van der Waals surface area contributed by atoms with E-state index in [0.717, 1.165) is 45.6 Å². The molecule has 0 unspecified atom stereocenters. The lowest BCUT2D eigenvalue weighted by Gasteiger charge is -2.40. The minimum Gasteiger partial charge on any atom is -0.304 e. The van der Waals surface area contributed by atoms with E-state index in [1.165, 1.54) is 25.5 Å². The first-order valence-corrected chi connectivity index (χ1v) is 6.61. The van der Waals surface area contributed by atoms with E-state index < -0.39 is 0 Å². The van der Waals surface area contributed by atoms with Gasteiger partial charge in [0, 0.05) is 38.1 Å². The lowest BCUT2D eigenvalue weighted by atomic mass is 9.75. The molecular formula is C13H24N2O. The lowest BCUT2D eigenvalue weighted by molar-refractivity contribution is -0.119. The van der Waals surface area contributed by atoms with Crippen LogP contribution in [-0.2, 0) is 4.79 Å². The second-order valence-corrected chi connectivity index (χ2v) is 5.62. The summed E-state index contributed by atoms with van der Waals surface area (Å²) in [5, 5.41) is 0. The Kier molecular flexibility index (Phi) is 3.98. The van der Waals surface area contributed by atoms with Crippen LogP contribution in [-0.4, -0.2) is 55.9 Å². The van der Waals surface area contributed by atoms with Crippen molar-refractivity contribution in [2.24, 2.45) is 5.41 Å². The molecule has 3 nitrogen and oxygen atoms in total. The first kappa shape index (κ1) is 12.1. The van der Waals surface area contributed by atoms with Crippen LogP contribution in [0.2, 0.25) is 0 Å². The summed E-state index contributed by atoms with van der Waals surface area (Å²) in [5.74, 6) is 0. The number of hydrogen-bond donors (Lipinski definition) is 0. The van der Waals surface area contributed by atoms with Crippen LogP contribution in [0.4, 0.5) is 0 Å². The second kappa shape index (κ2) is 5.28. The molecular weight excluding hydrogens is 200 g/mol. The molecule has 92 valence electrons. The Morgan fingerprint density at radius 3 is 2.25 bits per heavy atom. The predicted octanol–water partition coefficient (Wildman–Crippen LogP) is 1.38. The molecule has 0 amide bonds. The summed E-state index contributed by atoms with van der Waals surface area (Å²) in [6.07, 6.45) is 7.29. The summed E-state index contributed by atoms with van der Waals surface area (Å²) in [7, 11) is 2.17. The summed E-state index contributed by atoms with van der Waals surface area (Å²) in [6, 6.07) is 0. The number of aldehydes is 1. The molecule has 1 saturated carbocycles. The molecule has 1 heterocycles. The zero-order valence-corrected chi connectivity index (χ0v) is 10.5. The van der Waals surface area contributed by atoms with Crippen molar-refractivity contribution >= 4 is 6.29 Å². The van der Waals surface area contributed by atoms with Crippen molar-refractivity contribution in [2.45, 2.75) is 32.1 Å². The molecule has 1 aliphatic carbocycles. The van der Waals surface area contributed by atoms with E-state index in [2.05, 4.69) is 16.8 Å². The minimum atomic E-state index is -0.00579. The molecule has 0 atom stereocenters. The number of nitrogens with zero attached hydrogens (tertiary/aromatic N) is 2. The smallest absolute Gasteiger partial charge is 0.127 e. The van der Waals surface area contributed by atoms with Gasteiger partial charge in [0.25, 0.3) is 0 Å². The third-order valence-electron chi connectivity index (χ3n) is 4.23. The summed E-state index contributed by atoms with van der Waals surface area (Å²) in [6.45, 7) is 5.56. The van der Waals surface area contributed by atoms with Crippen LogP contribution in [0.5, 0.6) is 0 Å². The van der Waals surface area contributed by atoms with Crippen LogP contribution in [0.3, 0.4) is 0 Å². The summed E-state index contributed by atoms with van der Waals surface area (Å²) in [4.78, 5) is 16.2. The number of hydrogen-bond acceptors (Lipinski definition) is 3. The Morgan fingerprint density at radius 2 is 1.69 bits per heavy atom. The summed E-state index contributed by atoms with van der Waals surface area (Å²) in [5.41, 5.74) is -0.00579. The SMILES string of the molecule is CN1CCN(CC2(C=O)CCCCC2)CC1. The van der Waals surface area contributed by atoms with Gasteiger partial charge in [-0.2, -0.15) is 0 Å². The molecule has 2 rings (SSSR count). The van der Waals surface area contributed by atoms with E-state index in [0.29, 0.717) is 0 Å². The maximum absolute atomic E-state index is 11.4. The van der Waals surface area contributed by atoms with E-state index in [1.807, 2.05) is 0 Å². The number of piperazine rings is 1. The third-order valence-corrected chi connectivity index (χ3v) is 4.23. The van der Waals surface area contributed by atoms with Gasteiger partial charge in [-0.15, -0.1) is 0 Å². The number of carbonyl (C=O) groups excluding carboxylic acids is 1. The van der Waals surface area contributed by atoms with E-state index in [1.54, 1.807) is 0 Å². The largest absolute Gasteiger partial charge is 0.304 e. The average molecular weight is 224 g/mol. The fourth-order valence-electron chi connectivity index (χ4n) is 3.02. The standard InChI is InChI=1S/C13H24N2O/c1-14-7-9-15(10-8-14)11-13(12-16)5-3-2-4-6-13/h12H,2-11H2,1H3. The highest BCUT2D eigenvalue weighted by Crippen LogP contribution is 2.35. The van der Waals surface area contributed by atoms with Crippen molar-refractivity contribution in [3.8, 4) is 0 Å². The maximum atomic E-state index is 11.4. The molecule has 0 N–H and O–H groups in total. The van der Waals surface area contributed by atoms with Gasteiger partial charge < -0.3 is 9.69 Å². The van der Waals surface area contributed by atoms with Gasteiger partial charge in [-0.1, -0.05) is 19.3 Å². The molecule has 0 aromatic carbocycles. The lowest BCUT2D eigenvalue weighted by Crippen LogP contribution is -2.49. The molecule has 16 heavy (non-hydrogen) atoms. The van der Waals surface area contributed by atoms with Crippen molar-refractivity contribution in [1.29, 1.82) is 0 Å². The third kappa shape index (κ3) is 2.83. The topological polar surface area (TPSA) is 23.6 Å². The van der Waals surface area contributed by atoms with E-state index in [4.69, 9.17) is 0 Å². The highest BCUT2D eigenvalue weighted by molar-refractivity contribution is 5.60. The van der Waals surface area contributed by atoms with Crippen molar-refractivity contribution in [3.63, 3.8) is 0 Å². The first-order chi connectivity index (χ1) is 7.74. The predicted molar refractivity (Wildman–Crippen MR) is 65.5 cm³/mol. The highest BCUT2D eigenvalue weighted by Gasteiger charge is 2.34. The zero-order chi connectivity index (χ0) is 11.4. The molecule has 1 saturated heterocycles. The molecule has 0 aromatic rings.